The fourth-order valence-electron chi connectivity index (χ4n) is 1.55. The third-order valence-corrected chi connectivity index (χ3v) is 2.28. The van der Waals surface area contributed by atoms with E-state index in [1.165, 1.54) is 6.42 Å². The summed E-state index contributed by atoms with van der Waals surface area (Å²) in [6.07, 6.45) is 3.41. The molecule has 1 heterocycles. The molecule has 1 saturated heterocycles. The summed E-state index contributed by atoms with van der Waals surface area (Å²) in [6.45, 7) is 7.25. The summed E-state index contributed by atoms with van der Waals surface area (Å²) in [5.74, 6) is 0. The topological polar surface area (TPSA) is 49.5 Å². The molecule has 0 aromatic heterocycles. The third-order valence-electron chi connectivity index (χ3n) is 2.28. The van der Waals surface area contributed by atoms with Gasteiger partial charge in [0.15, 0.2) is 0 Å². The number of aliphatic hydroxyl groups is 1. The SMILES string of the molecule is CC.NC1CCCN(CCO)CC1. The Morgan fingerprint density at radius 3 is 2.62 bits per heavy atom. The van der Waals surface area contributed by atoms with Gasteiger partial charge >= 0.3 is 0 Å². The minimum absolute atomic E-state index is 0.273. The average molecular weight is 188 g/mol. The van der Waals surface area contributed by atoms with Gasteiger partial charge in [-0.1, -0.05) is 13.8 Å². The predicted molar refractivity (Wildman–Crippen MR) is 56.7 cm³/mol. The van der Waals surface area contributed by atoms with Gasteiger partial charge < -0.3 is 15.7 Å². The summed E-state index contributed by atoms with van der Waals surface area (Å²) < 4.78 is 0. The van der Waals surface area contributed by atoms with Gasteiger partial charge in [-0.15, -0.1) is 0 Å². The van der Waals surface area contributed by atoms with Crippen molar-refractivity contribution in [1.29, 1.82) is 0 Å². The van der Waals surface area contributed by atoms with Gasteiger partial charge in [0.2, 0.25) is 0 Å². The zero-order chi connectivity index (χ0) is 10.1. The molecule has 0 amide bonds. The fraction of sp³-hybridized carbons (Fsp3) is 1.00. The van der Waals surface area contributed by atoms with Gasteiger partial charge in [0.25, 0.3) is 0 Å². The predicted octanol–water partition coefficient (Wildman–Crippen LogP) is 0.818. The molecule has 1 rings (SSSR count). The second-order valence-electron chi connectivity index (χ2n) is 3.26. The number of nitrogens with zero attached hydrogens (tertiary/aromatic N) is 1. The molecule has 0 aromatic rings. The molecule has 1 fully saturated rings. The second-order valence-corrected chi connectivity index (χ2v) is 3.26. The number of nitrogens with two attached hydrogens (primary N) is 1. The Morgan fingerprint density at radius 1 is 1.31 bits per heavy atom. The molecule has 80 valence electrons. The van der Waals surface area contributed by atoms with E-state index in [1.807, 2.05) is 13.8 Å². The summed E-state index contributed by atoms with van der Waals surface area (Å²) >= 11 is 0. The van der Waals surface area contributed by atoms with Gasteiger partial charge in [-0.05, 0) is 32.4 Å². The summed E-state index contributed by atoms with van der Waals surface area (Å²) in [4.78, 5) is 2.28. The first-order chi connectivity index (χ1) is 6.33. The Kier molecular flexibility index (Phi) is 8.40. The number of aliphatic hydroxyl groups excluding tert-OH is 1. The van der Waals surface area contributed by atoms with E-state index in [2.05, 4.69) is 4.90 Å². The van der Waals surface area contributed by atoms with Crippen molar-refractivity contribution in [1.82, 2.24) is 4.90 Å². The molecular formula is C10H24N2O. The van der Waals surface area contributed by atoms with E-state index < -0.39 is 0 Å². The lowest BCUT2D eigenvalue weighted by molar-refractivity contribution is 0.200. The normalized spacial score (nSPS) is 24.5. The van der Waals surface area contributed by atoms with Crippen LogP contribution in [-0.2, 0) is 0 Å². The molecule has 3 N–H and O–H groups in total. The van der Waals surface area contributed by atoms with Crippen molar-refractivity contribution < 1.29 is 5.11 Å². The van der Waals surface area contributed by atoms with Crippen LogP contribution < -0.4 is 5.73 Å². The van der Waals surface area contributed by atoms with Crippen molar-refractivity contribution >= 4 is 0 Å². The highest BCUT2D eigenvalue weighted by atomic mass is 16.3. The van der Waals surface area contributed by atoms with Gasteiger partial charge in [-0.2, -0.15) is 0 Å². The molecule has 13 heavy (non-hydrogen) atoms. The van der Waals surface area contributed by atoms with E-state index in [1.54, 1.807) is 0 Å². The van der Waals surface area contributed by atoms with Gasteiger partial charge in [0, 0.05) is 12.6 Å². The van der Waals surface area contributed by atoms with Gasteiger partial charge in [0.05, 0.1) is 6.61 Å². The van der Waals surface area contributed by atoms with Crippen LogP contribution >= 0.6 is 0 Å². The van der Waals surface area contributed by atoms with Crippen LogP contribution in [0, 0.1) is 0 Å². The zero-order valence-corrected chi connectivity index (χ0v) is 9.00. The van der Waals surface area contributed by atoms with E-state index in [0.717, 1.165) is 32.5 Å². The number of β-amino-alcohol motifs (C(OH)–C–C–N with tert-alkyl or cyclic N) is 1. The molecule has 0 radical (unpaired) electrons. The van der Waals surface area contributed by atoms with E-state index in [-0.39, 0.29) is 6.61 Å². The van der Waals surface area contributed by atoms with Crippen LogP contribution in [-0.4, -0.2) is 42.3 Å². The maximum absolute atomic E-state index is 8.70. The van der Waals surface area contributed by atoms with Gasteiger partial charge in [-0.25, -0.2) is 0 Å². The first-order valence-corrected chi connectivity index (χ1v) is 5.41. The molecule has 3 heteroatoms. The van der Waals surface area contributed by atoms with E-state index in [0.29, 0.717) is 6.04 Å². The largest absolute Gasteiger partial charge is 0.395 e. The van der Waals surface area contributed by atoms with Crippen LogP contribution in [0.15, 0.2) is 0 Å². The third kappa shape index (κ3) is 6.02. The molecule has 1 atom stereocenters. The van der Waals surface area contributed by atoms with Crippen LogP contribution in [0.2, 0.25) is 0 Å². The summed E-state index contributed by atoms with van der Waals surface area (Å²) in [6, 6.07) is 0.388. The zero-order valence-electron chi connectivity index (χ0n) is 9.00. The first-order valence-electron chi connectivity index (χ1n) is 5.41. The molecular weight excluding hydrogens is 164 g/mol. The molecule has 0 saturated carbocycles. The minimum Gasteiger partial charge on any atom is -0.395 e. The Balaban J connectivity index is 0.000000671. The Bertz CT molecular complexity index is 109. The number of hydrogen-bond acceptors (Lipinski definition) is 3. The van der Waals surface area contributed by atoms with Crippen molar-refractivity contribution in [3.05, 3.63) is 0 Å². The van der Waals surface area contributed by atoms with Gasteiger partial charge in [0.1, 0.15) is 0 Å². The molecule has 0 bridgehead atoms. The number of likely N-dealkylation sites (tertiary alicyclic amines) is 1. The Morgan fingerprint density at radius 2 is 2.00 bits per heavy atom. The molecule has 1 aliphatic heterocycles. The summed E-state index contributed by atoms with van der Waals surface area (Å²) in [5.41, 5.74) is 5.80. The molecule has 1 unspecified atom stereocenters. The fourth-order valence-corrected chi connectivity index (χ4v) is 1.55. The van der Waals surface area contributed by atoms with Gasteiger partial charge in [-0.3, -0.25) is 0 Å². The average Bonchev–Trinajstić information content (AvgIpc) is 2.36. The highest BCUT2D eigenvalue weighted by molar-refractivity contribution is 4.71. The van der Waals surface area contributed by atoms with Crippen LogP contribution in [0.1, 0.15) is 33.1 Å². The van der Waals surface area contributed by atoms with E-state index >= 15 is 0 Å². The lowest BCUT2D eigenvalue weighted by atomic mass is 10.1. The first kappa shape index (κ1) is 12.9. The smallest absolute Gasteiger partial charge is 0.0558 e. The molecule has 0 spiro atoms. The Labute approximate surface area is 81.9 Å². The summed E-state index contributed by atoms with van der Waals surface area (Å²) in [7, 11) is 0. The van der Waals surface area contributed by atoms with Crippen LogP contribution in [0.5, 0.6) is 0 Å². The molecule has 0 aliphatic carbocycles. The lowest BCUT2D eigenvalue weighted by Gasteiger charge is -2.17. The maximum Gasteiger partial charge on any atom is 0.0558 e. The van der Waals surface area contributed by atoms with Crippen LogP contribution in [0.25, 0.3) is 0 Å². The van der Waals surface area contributed by atoms with Crippen molar-refractivity contribution in [2.24, 2.45) is 5.73 Å². The highest BCUT2D eigenvalue weighted by Crippen LogP contribution is 2.07. The highest BCUT2D eigenvalue weighted by Gasteiger charge is 2.12. The maximum atomic E-state index is 8.70. The molecule has 1 aliphatic rings. The van der Waals surface area contributed by atoms with E-state index in [4.69, 9.17) is 10.8 Å². The summed E-state index contributed by atoms with van der Waals surface area (Å²) in [5, 5.41) is 8.70. The van der Waals surface area contributed by atoms with Crippen molar-refractivity contribution in [3.63, 3.8) is 0 Å². The minimum atomic E-state index is 0.273. The van der Waals surface area contributed by atoms with Crippen molar-refractivity contribution in [2.75, 3.05) is 26.2 Å². The number of rotatable bonds is 2. The second kappa shape index (κ2) is 8.48. The van der Waals surface area contributed by atoms with Crippen molar-refractivity contribution in [2.45, 2.75) is 39.2 Å². The quantitative estimate of drug-likeness (QED) is 0.674. The van der Waals surface area contributed by atoms with Crippen LogP contribution in [0.4, 0.5) is 0 Å². The van der Waals surface area contributed by atoms with E-state index in [9.17, 15) is 0 Å². The van der Waals surface area contributed by atoms with Crippen molar-refractivity contribution in [3.8, 4) is 0 Å². The monoisotopic (exact) mass is 188 g/mol. The number of hydrogen-bond donors (Lipinski definition) is 2. The van der Waals surface area contributed by atoms with Crippen LogP contribution in [0.3, 0.4) is 0 Å². The molecule has 0 aromatic carbocycles. The standard InChI is InChI=1S/C8H18N2O.C2H6/c9-8-2-1-4-10(5-3-8)6-7-11;1-2/h8,11H,1-7,9H2;1-2H3. The lowest BCUT2D eigenvalue weighted by Crippen LogP contribution is -2.29. The Hall–Kier alpha value is -0.120. The molecule has 3 nitrogen and oxygen atoms in total.